The molecule has 2 aliphatic rings. The van der Waals surface area contributed by atoms with Gasteiger partial charge in [0.05, 0.1) is 28.3 Å². The molecule has 2 fully saturated rings. The maximum absolute atomic E-state index is 13.0. The topological polar surface area (TPSA) is 80.8 Å². The number of benzene rings is 2. The molecule has 0 unspecified atom stereocenters. The Kier molecular flexibility index (Phi) is 7.54. The van der Waals surface area contributed by atoms with Crippen LogP contribution in [0.3, 0.4) is 0 Å². The van der Waals surface area contributed by atoms with Crippen LogP contribution in [0, 0.1) is 0 Å². The van der Waals surface area contributed by atoms with Crippen LogP contribution in [0.5, 0.6) is 11.5 Å². The third-order valence-corrected chi connectivity index (χ3v) is 8.38. The van der Waals surface area contributed by atoms with Crippen LogP contribution < -0.4 is 14.8 Å². The van der Waals surface area contributed by atoms with Gasteiger partial charge in [-0.2, -0.15) is 0 Å². The summed E-state index contributed by atoms with van der Waals surface area (Å²) in [4.78, 5) is 31.8. The minimum atomic E-state index is -0.350. The molecule has 0 bridgehead atoms. The van der Waals surface area contributed by atoms with Gasteiger partial charge >= 0.3 is 0 Å². The summed E-state index contributed by atoms with van der Waals surface area (Å²) in [7, 11) is 1.61. The molecule has 1 aromatic heterocycles. The third kappa shape index (κ3) is 5.55. The van der Waals surface area contributed by atoms with Crippen molar-refractivity contribution in [3.05, 3.63) is 52.9 Å². The van der Waals surface area contributed by atoms with Crippen LogP contribution in [-0.2, 0) is 9.59 Å². The van der Waals surface area contributed by atoms with Crippen LogP contribution in [0.1, 0.15) is 37.7 Å². The summed E-state index contributed by atoms with van der Waals surface area (Å²) in [5, 5.41) is 3.26. The van der Waals surface area contributed by atoms with E-state index in [1.54, 1.807) is 13.2 Å². The zero-order valence-corrected chi connectivity index (χ0v) is 22.1. The van der Waals surface area contributed by atoms with Crippen LogP contribution in [0.2, 0.25) is 0 Å². The predicted molar refractivity (Wildman–Crippen MR) is 149 cm³/mol. The zero-order valence-electron chi connectivity index (χ0n) is 19.7. The van der Waals surface area contributed by atoms with E-state index in [-0.39, 0.29) is 24.5 Å². The van der Waals surface area contributed by atoms with E-state index in [0.29, 0.717) is 25.9 Å². The first-order valence-electron chi connectivity index (χ1n) is 11.8. The lowest BCUT2D eigenvalue weighted by molar-refractivity contribution is -0.126. The van der Waals surface area contributed by atoms with Crippen molar-refractivity contribution < 1.29 is 19.1 Å². The van der Waals surface area contributed by atoms with Gasteiger partial charge in [-0.1, -0.05) is 59.9 Å². The summed E-state index contributed by atoms with van der Waals surface area (Å²) >= 11 is 7.96. The van der Waals surface area contributed by atoms with Gasteiger partial charge in [0.1, 0.15) is 10.9 Å². The van der Waals surface area contributed by atoms with E-state index >= 15 is 0 Å². The molecule has 5 rings (SSSR count). The van der Waals surface area contributed by atoms with Crippen LogP contribution in [0.4, 0.5) is 5.13 Å². The number of nitrogens with one attached hydrogen (secondary N) is 1. The predicted octanol–water partition coefficient (Wildman–Crippen LogP) is 5.86. The van der Waals surface area contributed by atoms with Crippen molar-refractivity contribution in [2.75, 3.05) is 19.0 Å². The molecule has 7 nitrogen and oxygen atoms in total. The smallest absolute Gasteiger partial charge is 0.266 e. The van der Waals surface area contributed by atoms with Crippen LogP contribution in [0.15, 0.2) is 47.4 Å². The van der Waals surface area contributed by atoms with Gasteiger partial charge < -0.3 is 14.8 Å². The Balaban J connectivity index is 1.25. The molecule has 0 radical (unpaired) electrons. The number of hydrogen-bond acceptors (Lipinski definition) is 8. The monoisotopic (exact) mass is 539 g/mol. The maximum atomic E-state index is 13.0. The van der Waals surface area contributed by atoms with Crippen molar-refractivity contribution in [3.8, 4) is 11.5 Å². The average Bonchev–Trinajstić information content (AvgIpc) is 3.40. The van der Waals surface area contributed by atoms with E-state index in [2.05, 4.69) is 10.3 Å². The summed E-state index contributed by atoms with van der Waals surface area (Å²) in [6, 6.07) is 13.3. The third-order valence-electron chi connectivity index (χ3n) is 6.05. The Morgan fingerprint density at radius 1 is 1.19 bits per heavy atom. The number of methoxy groups -OCH3 is 1. The number of carbonyl (C=O) groups is 2. The van der Waals surface area contributed by atoms with E-state index in [9.17, 15) is 9.59 Å². The van der Waals surface area contributed by atoms with E-state index < -0.39 is 0 Å². The van der Waals surface area contributed by atoms with Gasteiger partial charge in [-0.3, -0.25) is 14.5 Å². The standard InChI is InChI=1S/C26H25N3O4S3/c1-32-20-13-16(11-12-19(20)33-17-7-3-2-4-8-17)14-22-24(31)29(26(34)36-22)15-23(30)28-25-27-18-9-5-6-10-21(18)35-25/h5-6,9-14,17H,2-4,7-8,15H2,1H3,(H,27,28,30)/b22-14-. The Hall–Kier alpha value is -2.95. The molecular weight excluding hydrogens is 515 g/mol. The van der Waals surface area contributed by atoms with Gasteiger partial charge in [-0.25, -0.2) is 4.98 Å². The Bertz CT molecular complexity index is 1310. The van der Waals surface area contributed by atoms with Crippen molar-refractivity contribution in [2.45, 2.75) is 38.2 Å². The van der Waals surface area contributed by atoms with Crippen molar-refractivity contribution in [3.63, 3.8) is 0 Å². The number of amides is 2. The Morgan fingerprint density at radius 3 is 2.78 bits per heavy atom. The molecule has 1 saturated carbocycles. The van der Waals surface area contributed by atoms with E-state index in [4.69, 9.17) is 21.7 Å². The van der Waals surface area contributed by atoms with Gasteiger partial charge in [-0.05, 0) is 61.6 Å². The first kappa shape index (κ1) is 24.7. The number of thiocarbonyl (C=S) groups is 1. The number of aromatic nitrogens is 1. The van der Waals surface area contributed by atoms with Gasteiger partial charge in [0.15, 0.2) is 16.6 Å². The minimum Gasteiger partial charge on any atom is -0.493 e. The summed E-state index contributed by atoms with van der Waals surface area (Å²) in [5.41, 5.74) is 1.61. The molecule has 0 spiro atoms. The van der Waals surface area contributed by atoms with Gasteiger partial charge in [-0.15, -0.1) is 0 Å². The lowest BCUT2D eigenvalue weighted by atomic mass is 9.98. The molecule has 0 atom stereocenters. The number of para-hydroxylation sites is 1. The molecule has 3 aromatic rings. The summed E-state index contributed by atoms with van der Waals surface area (Å²) in [6.45, 7) is -0.171. The largest absolute Gasteiger partial charge is 0.493 e. The molecule has 36 heavy (non-hydrogen) atoms. The van der Waals surface area contributed by atoms with Gasteiger partial charge in [0, 0.05) is 0 Å². The molecule has 1 aliphatic heterocycles. The van der Waals surface area contributed by atoms with Gasteiger partial charge in [0.25, 0.3) is 5.91 Å². The quantitative estimate of drug-likeness (QED) is 0.298. The molecule has 1 aliphatic carbocycles. The molecule has 2 heterocycles. The first-order valence-corrected chi connectivity index (χ1v) is 13.8. The number of ether oxygens (including phenoxy) is 2. The molecule has 2 amide bonds. The van der Waals surface area contributed by atoms with Crippen molar-refractivity contribution in [1.82, 2.24) is 9.88 Å². The number of rotatable bonds is 7. The molecule has 186 valence electrons. The zero-order chi connectivity index (χ0) is 25.1. The number of thioether (sulfide) groups is 1. The second kappa shape index (κ2) is 11.0. The second-order valence-corrected chi connectivity index (χ2v) is 11.3. The first-order chi connectivity index (χ1) is 17.5. The highest BCUT2D eigenvalue weighted by molar-refractivity contribution is 8.26. The molecule has 1 saturated heterocycles. The number of nitrogens with zero attached hydrogens (tertiary/aromatic N) is 2. The highest BCUT2D eigenvalue weighted by Crippen LogP contribution is 2.36. The van der Waals surface area contributed by atoms with Crippen LogP contribution in [-0.4, -0.2) is 45.8 Å². The maximum Gasteiger partial charge on any atom is 0.266 e. The number of thiazole rings is 1. The average molecular weight is 540 g/mol. The summed E-state index contributed by atoms with van der Waals surface area (Å²) in [5.74, 6) is 0.684. The van der Waals surface area contributed by atoms with Crippen LogP contribution in [0.25, 0.3) is 16.3 Å². The van der Waals surface area contributed by atoms with Crippen molar-refractivity contribution in [2.24, 2.45) is 0 Å². The number of carbonyl (C=O) groups excluding carboxylic acids is 2. The van der Waals surface area contributed by atoms with Crippen molar-refractivity contribution >= 4 is 72.9 Å². The number of anilines is 1. The number of fused-ring (bicyclic) bond motifs is 1. The van der Waals surface area contributed by atoms with E-state index in [0.717, 1.165) is 28.6 Å². The van der Waals surface area contributed by atoms with E-state index in [1.165, 1.54) is 47.3 Å². The van der Waals surface area contributed by atoms with E-state index in [1.807, 2.05) is 42.5 Å². The fraction of sp³-hybridized carbons (Fsp3) is 0.308. The SMILES string of the molecule is COc1cc(/C=C2\SC(=S)N(CC(=O)Nc3nc4ccccc4s3)C2=O)ccc1OC1CCCCC1. The molecular formula is C26H25N3O4S3. The Labute approximate surface area is 222 Å². The van der Waals surface area contributed by atoms with Gasteiger partial charge in [0.2, 0.25) is 5.91 Å². The normalized spacial score (nSPS) is 17.7. The second-order valence-electron chi connectivity index (χ2n) is 8.59. The lowest BCUT2D eigenvalue weighted by Gasteiger charge is -2.24. The fourth-order valence-corrected chi connectivity index (χ4v) is 6.39. The number of hydrogen-bond donors (Lipinski definition) is 1. The van der Waals surface area contributed by atoms with Crippen molar-refractivity contribution in [1.29, 1.82) is 0 Å². The van der Waals surface area contributed by atoms with Crippen LogP contribution >= 0.6 is 35.3 Å². The highest BCUT2D eigenvalue weighted by Gasteiger charge is 2.33. The fourth-order valence-electron chi connectivity index (χ4n) is 4.25. The summed E-state index contributed by atoms with van der Waals surface area (Å²) < 4.78 is 13.0. The Morgan fingerprint density at radius 2 is 2.00 bits per heavy atom. The highest BCUT2D eigenvalue weighted by atomic mass is 32.2. The minimum absolute atomic E-state index is 0.171. The molecule has 2 aromatic carbocycles. The summed E-state index contributed by atoms with van der Waals surface area (Å²) in [6.07, 6.45) is 7.72. The lowest BCUT2D eigenvalue weighted by Crippen LogP contribution is -2.36. The molecule has 1 N–H and O–H groups in total. The molecule has 10 heteroatoms.